The molecule has 1 aliphatic heterocycles. The molecule has 0 radical (unpaired) electrons. The third-order valence-electron chi connectivity index (χ3n) is 4.52. The van der Waals surface area contributed by atoms with Crippen LogP contribution in [0.4, 0.5) is 0 Å². The van der Waals surface area contributed by atoms with E-state index in [0.717, 1.165) is 31.9 Å². The van der Waals surface area contributed by atoms with Crippen molar-refractivity contribution >= 4 is 29.9 Å². The first-order chi connectivity index (χ1) is 12.6. The quantitative estimate of drug-likeness (QED) is 0.728. The van der Waals surface area contributed by atoms with Gasteiger partial charge in [-0.15, -0.1) is 22.6 Å². The van der Waals surface area contributed by atoms with Crippen LogP contribution in [0, 0.1) is 0 Å². The fourth-order valence-corrected chi connectivity index (χ4v) is 3.22. The minimum atomic E-state index is -0.894. The van der Waals surface area contributed by atoms with Gasteiger partial charge in [0.1, 0.15) is 12.1 Å². The van der Waals surface area contributed by atoms with Crippen LogP contribution in [-0.2, 0) is 17.9 Å². The Labute approximate surface area is 170 Å². The van der Waals surface area contributed by atoms with Crippen molar-refractivity contribution < 1.29 is 9.53 Å². The molecule has 0 aliphatic carbocycles. The van der Waals surface area contributed by atoms with Crippen LogP contribution in [0.5, 0.6) is 5.75 Å². The van der Waals surface area contributed by atoms with Crippen LogP contribution in [0.1, 0.15) is 32.0 Å². The number of hydrogen-bond donors (Lipinski definition) is 2. The lowest BCUT2D eigenvalue weighted by Gasteiger charge is -2.36. The van der Waals surface area contributed by atoms with Crippen molar-refractivity contribution in [1.82, 2.24) is 25.4 Å². The number of aromatic nitrogens is 3. The summed E-state index contributed by atoms with van der Waals surface area (Å²) in [6.45, 7) is 4.71. The number of rotatable bonds is 7. The summed E-state index contributed by atoms with van der Waals surface area (Å²) in [6, 6.07) is 7.10. The third-order valence-corrected chi connectivity index (χ3v) is 4.77. The molecule has 0 spiro atoms. The lowest BCUT2D eigenvalue weighted by atomic mass is 9.91. The van der Waals surface area contributed by atoms with E-state index < -0.39 is 5.60 Å². The summed E-state index contributed by atoms with van der Waals surface area (Å²) in [6.07, 6.45) is 3.87. The Morgan fingerprint density at radius 1 is 1.33 bits per heavy atom. The van der Waals surface area contributed by atoms with Crippen LogP contribution in [0.15, 0.2) is 30.6 Å². The smallest absolute Gasteiger partial charge is 0.264 e. The Morgan fingerprint density at radius 3 is 2.70 bits per heavy atom. The standard InChI is InChI=1S/C18H24ClN5O2.ClH/c1-2-11-24-13-22-23-16(24)12-21-17(25)18(7-9-20-10-8-18)26-15-5-3-14(19)4-6-15;/h3-6,13,20H,2,7-12H2,1H3,(H,21,25);1H. The Balaban J connectivity index is 0.00000261. The van der Waals surface area contributed by atoms with Crippen molar-refractivity contribution in [1.29, 1.82) is 0 Å². The highest BCUT2D eigenvalue weighted by atomic mass is 35.5. The molecule has 3 rings (SSSR count). The first kappa shape index (κ1) is 21.5. The second-order valence-corrected chi connectivity index (χ2v) is 6.86. The van der Waals surface area contributed by atoms with Crippen molar-refractivity contribution in [3.05, 3.63) is 41.4 Å². The number of benzene rings is 1. The normalized spacial score (nSPS) is 15.6. The fraction of sp³-hybridized carbons (Fsp3) is 0.500. The maximum absolute atomic E-state index is 13.0. The largest absolute Gasteiger partial charge is 0.477 e. The van der Waals surface area contributed by atoms with Crippen LogP contribution < -0.4 is 15.4 Å². The van der Waals surface area contributed by atoms with Gasteiger partial charge in [0.05, 0.1) is 6.54 Å². The molecule has 1 aromatic carbocycles. The van der Waals surface area contributed by atoms with Crippen LogP contribution in [0.25, 0.3) is 0 Å². The molecule has 0 saturated carbocycles. The fourth-order valence-electron chi connectivity index (χ4n) is 3.10. The number of carbonyl (C=O) groups excluding carboxylic acids is 1. The number of hydrogen-bond acceptors (Lipinski definition) is 5. The maximum Gasteiger partial charge on any atom is 0.264 e. The molecule has 2 aromatic rings. The summed E-state index contributed by atoms with van der Waals surface area (Å²) in [5.41, 5.74) is -0.894. The zero-order chi connectivity index (χ0) is 18.4. The zero-order valence-corrected chi connectivity index (χ0v) is 16.9. The van der Waals surface area contributed by atoms with E-state index in [0.29, 0.717) is 30.2 Å². The van der Waals surface area contributed by atoms with Crippen LogP contribution in [0.2, 0.25) is 5.02 Å². The lowest BCUT2D eigenvalue weighted by molar-refractivity contribution is -0.139. The van der Waals surface area contributed by atoms with E-state index in [1.807, 2.05) is 4.57 Å². The lowest BCUT2D eigenvalue weighted by Crippen LogP contribution is -2.56. The molecule has 0 unspecified atom stereocenters. The van der Waals surface area contributed by atoms with E-state index >= 15 is 0 Å². The molecule has 9 heteroatoms. The van der Waals surface area contributed by atoms with Crippen LogP contribution >= 0.6 is 24.0 Å². The highest BCUT2D eigenvalue weighted by molar-refractivity contribution is 6.30. The molecular formula is C18H25Cl2N5O2. The number of nitrogens with one attached hydrogen (secondary N) is 2. The molecule has 148 valence electrons. The van der Waals surface area contributed by atoms with Crippen molar-refractivity contribution in [2.75, 3.05) is 13.1 Å². The average Bonchev–Trinajstić information content (AvgIpc) is 3.10. The second-order valence-electron chi connectivity index (χ2n) is 6.42. The zero-order valence-electron chi connectivity index (χ0n) is 15.3. The van der Waals surface area contributed by atoms with Gasteiger partial charge in [0.15, 0.2) is 11.4 Å². The van der Waals surface area contributed by atoms with Gasteiger partial charge >= 0.3 is 0 Å². The van der Waals surface area contributed by atoms with Gasteiger partial charge in [0.25, 0.3) is 5.91 Å². The number of aryl methyl sites for hydroxylation is 1. The highest BCUT2D eigenvalue weighted by Crippen LogP contribution is 2.28. The van der Waals surface area contributed by atoms with Gasteiger partial charge < -0.3 is 19.9 Å². The van der Waals surface area contributed by atoms with Crippen molar-refractivity contribution in [2.24, 2.45) is 0 Å². The molecule has 2 heterocycles. The first-order valence-electron chi connectivity index (χ1n) is 8.93. The number of piperidine rings is 1. The first-order valence-corrected chi connectivity index (χ1v) is 9.31. The third kappa shape index (κ3) is 5.34. The molecule has 2 N–H and O–H groups in total. The highest BCUT2D eigenvalue weighted by Gasteiger charge is 2.42. The minimum Gasteiger partial charge on any atom is -0.477 e. The Kier molecular flexibility index (Phi) is 7.89. The van der Waals surface area contributed by atoms with Crippen LogP contribution in [0.3, 0.4) is 0 Å². The maximum atomic E-state index is 13.0. The summed E-state index contributed by atoms with van der Waals surface area (Å²) in [7, 11) is 0. The molecule has 0 atom stereocenters. The second kappa shape index (κ2) is 9.92. The van der Waals surface area contributed by atoms with E-state index in [9.17, 15) is 4.79 Å². The molecule has 1 fully saturated rings. The Morgan fingerprint density at radius 2 is 2.04 bits per heavy atom. The SMILES string of the molecule is CCCn1cnnc1CNC(=O)C1(Oc2ccc(Cl)cc2)CCNCC1.Cl. The van der Waals surface area contributed by atoms with Gasteiger partial charge in [-0.05, 0) is 43.8 Å². The van der Waals surface area contributed by atoms with E-state index in [1.165, 1.54) is 0 Å². The van der Waals surface area contributed by atoms with E-state index in [-0.39, 0.29) is 18.3 Å². The predicted octanol–water partition coefficient (Wildman–Crippen LogP) is 2.58. The summed E-state index contributed by atoms with van der Waals surface area (Å²) < 4.78 is 8.11. The topological polar surface area (TPSA) is 81.1 Å². The van der Waals surface area contributed by atoms with E-state index in [4.69, 9.17) is 16.3 Å². The molecule has 1 amide bonds. The number of halogens is 2. The van der Waals surface area contributed by atoms with Gasteiger partial charge in [-0.3, -0.25) is 4.79 Å². The molecule has 1 aliphatic rings. The molecular weight excluding hydrogens is 389 g/mol. The average molecular weight is 414 g/mol. The molecule has 7 nitrogen and oxygen atoms in total. The van der Waals surface area contributed by atoms with Gasteiger partial charge in [-0.25, -0.2) is 0 Å². The van der Waals surface area contributed by atoms with Gasteiger partial charge in [-0.2, -0.15) is 0 Å². The summed E-state index contributed by atoms with van der Waals surface area (Å²) in [5, 5.41) is 14.9. The van der Waals surface area contributed by atoms with Crippen LogP contribution in [-0.4, -0.2) is 39.4 Å². The number of nitrogens with zero attached hydrogens (tertiary/aromatic N) is 3. The molecule has 27 heavy (non-hydrogen) atoms. The van der Waals surface area contributed by atoms with Crippen molar-refractivity contribution in [3.63, 3.8) is 0 Å². The monoisotopic (exact) mass is 413 g/mol. The predicted molar refractivity (Wildman–Crippen MR) is 106 cm³/mol. The van der Waals surface area contributed by atoms with Crippen molar-refractivity contribution in [2.45, 2.75) is 44.9 Å². The van der Waals surface area contributed by atoms with Crippen molar-refractivity contribution in [3.8, 4) is 5.75 Å². The van der Waals surface area contributed by atoms with Gasteiger partial charge in [0.2, 0.25) is 0 Å². The molecule has 0 bridgehead atoms. The minimum absolute atomic E-state index is 0. The summed E-state index contributed by atoms with van der Waals surface area (Å²) >= 11 is 5.94. The van der Waals surface area contributed by atoms with Gasteiger partial charge in [0, 0.05) is 24.4 Å². The van der Waals surface area contributed by atoms with E-state index in [2.05, 4.69) is 27.8 Å². The summed E-state index contributed by atoms with van der Waals surface area (Å²) in [4.78, 5) is 13.0. The van der Waals surface area contributed by atoms with Gasteiger partial charge in [-0.1, -0.05) is 18.5 Å². The summed E-state index contributed by atoms with van der Waals surface area (Å²) in [5.74, 6) is 1.26. The van der Waals surface area contributed by atoms with E-state index in [1.54, 1.807) is 30.6 Å². The number of amides is 1. The number of ether oxygens (including phenoxy) is 1. The molecule has 1 saturated heterocycles. The number of carbonyl (C=O) groups is 1. The Bertz CT molecular complexity index is 730. The Hall–Kier alpha value is -1.83. The molecule has 1 aromatic heterocycles.